The first kappa shape index (κ1) is 26.5. The Bertz CT molecular complexity index is 1020. The number of Topliss-reactive ketones (excluding diaryl/α,β-unsaturated/α-hetero) is 1. The summed E-state index contributed by atoms with van der Waals surface area (Å²) < 4.78 is 28.0. The van der Waals surface area contributed by atoms with Gasteiger partial charge in [-0.3, -0.25) is 4.79 Å². The highest BCUT2D eigenvalue weighted by Crippen LogP contribution is 2.28. The van der Waals surface area contributed by atoms with Crippen molar-refractivity contribution in [2.75, 3.05) is 57.3 Å². The number of anilines is 1. The van der Waals surface area contributed by atoms with Crippen LogP contribution in [0.5, 0.6) is 0 Å². The van der Waals surface area contributed by atoms with Crippen LogP contribution in [0.4, 0.5) is 14.6 Å². The van der Waals surface area contributed by atoms with E-state index >= 15 is 0 Å². The maximum Gasteiger partial charge on any atom is 0.258 e. The van der Waals surface area contributed by atoms with E-state index in [-0.39, 0.29) is 5.78 Å². The average molecular weight is 517 g/mol. The van der Waals surface area contributed by atoms with E-state index in [2.05, 4.69) is 19.8 Å². The normalized spacial score (nSPS) is 21.1. The number of aromatic nitrogens is 3. The molecule has 204 valence electrons. The van der Waals surface area contributed by atoms with Gasteiger partial charge in [0.15, 0.2) is 11.4 Å². The molecule has 3 aliphatic rings. The molecule has 0 atom stereocenters. The van der Waals surface area contributed by atoms with Crippen molar-refractivity contribution < 1.29 is 13.6 Å². The average Bonchev–Trinajstić information content (AvgIpc) is 3.06. The first-order chi connectivity index (χ1) is 18.1. The molecule has 3 aliphatic heterocycles. The number of piperidine rings is 2. The minimum atomic E-state index is -2.55. The van der Waals surface area contributed by atoms with E-state index < -0.39 is 13.0 Å². The molecule has 9 heteroatoms. The molecule has 0 radical (unpaired) electrons. The Balaban J connectivity index is 1.22. The zero-order chi connectivity index (χ0) is 25.6. The summed E-state index contributed by atoms with van der Waals surface area (Å²) in [5.74, 6) is 1.06. The number of fused-ring (bicyclic) bond motifs is 1. The molecule has 0 bridgehead atoms. The van der Waals surface area contributed by atoms with Gasteiger partial charge in [-0.25, -0.2) is 18.4 Å². The number of hydrogen-bond donors (Lipinski definition) is 0. The number of halogens is 2. The second kappa shape index (κ2) is 12.6. The molecule has 3 fully saturated rings. The highest BCUT2D eigenvalue weighted by molar-refractivity contribution is 6.05. The van der Waals surface area contributed by atoms with Gasteiger partial charge in [0.05, 0.1) is 5.39 Å². The molecule has 3 saturated heterocycles. The maximum atomic E-state index is 13.4. The van der Waals surface area contributed by atoms with Crippen molar-refractivity contribution >= 4 is 22.6 Å². The predicted octanol–water partition coefficient (Wildman–Crippen LogP) is 4.85. The van der Waals surface area contributed by atoms with Crippen molar-refractivity contribution in [2.24, 2.45) is 5.92 Å². The van der Waals surface area contributed by atoms with Crippen LogP contribution in [0, 0.1) is 5.92 Å². The van der Waals surface area contributed by atoms with E-state index in [4.69, 9.17) is 4.98 Å². The number of alkyl halides is 2. The topological polar surface area (TPSA) is 57.5 Å². The van der Waals surface area contributed by atoms with Crippen LogP contribution in [-0.4, -0.2) is 89.1 Å². The molecule has 0 amide bonds. The number of pyridine rings is 1. The molecular weight excluding hydrogens is 474 g/mol. The first-order valence-corrected chi connectivity index (χ1v) is 14.5. The zero-order valence-corrected chi connectivity index (χ0v) is 22.1. The van der Waals surface area contributed by atoms with Gasteiger partial charge in [-0.05, 0) is 82.8 Å². The van der Waals surface area contributed by atoms with Crippen LogP contribution in [0.3, 0.4) is 0 Å². The van der Waals surface area contributed by atoms with Gasteiger partial charge in [0.1, 0.15) is 18.1 Å². The molecule has 37 heavy (non-hydrogen) atoms. The standard InChI is InChI=1S/C28H42F2N6O/c29-25(30)21-36-28-23(8-9-26(31-28)35-14-6-1-2-7-15-35)27(32-36)24(37)20-22-10-16-34(17-11-22)19-18-33-12-4-3-5-13-33/h8-9,22,25H,1-7,10-21H2. The fourth-order valence-electron chi connectivity index (χ4n) is 6.22. The molecule has 0 spiro atoms. The summed E-state index contributed by atoms with van der Waals surface area (Å²) in [4.78, 5) is 25.4. The number of carbonyl (C=O) groups excluding carboxylic acids is 1. The van der Waals surface area contributed by atoms with Crippen LogP contribution in [0.15, 0.2) is 12.1 Å². The Morgan fingerprint density at radius 1 is 0.865 bits per heavy atom. The second-order valence-electron chi connectivity index (χ2n) is 11.2. The Kier molecular flexibility index (Phi) is 9.02. The third-order valence-electron chi connectivity index (χ3n) is 8.45. The molecule has 2 aromatic rings. The molecular formula is C28H42F2N6O. The van der Waals surface area contributed by atoms with E-state index in [1.807, 2.05) is 12.1 Å². The van der Waals surface area contributed by atoms with Crippen molar-refractivity contribution in [1.29, 1.82) is 0 Å². The lowest BCUT2D eigenvalue weighted by Gasteiger charge is -2.34. The summed E-state index contributed by atoms with van der Waals surface area (Å²) in [6, 6.07) is 3.80. The summed E-state index contributed by atoms with van der Waals surface area (Å²) >= 11 is 0. The molecule has 0 aliphatic carbocycles. The van der Waals surface area contributed by atoms with Gasteiger partial charge < -0.3 is 14.7 Å². The highest BCUT2D eigenvalue weighted by atomic mass is 19.3. The number of nitrogens with zero attached hydrogens (tertiary/aromatic N) is 6. The number of carbonyl (C=O) groups is 1. The second-order valence-corrected chi connectivity index (χ2v) is 11.2. The Labute approximate surface area is 219 Å². The van der Waals surface area contributed by atoms with Crippen molar-refractivity contribution in [3.05, 3.63) is 17.8 Å². The molecule has 2 aromatic heterocycles. The van der Waals surface area contributed by atoms with Gasteiger partial charge in [-0.15, -0.1) is 0 Å². The minimum Gasteiger partial charge on any atom is -0.357 e. The summed E-state index contributed by atoms with van der Waals surface area (Å²) in [6.45, 7) is 8.04. The van der Waals surface area contributed by atoms with E-state index in [9.17, 15) is 13.6 Å². The molecule has 0 aromatic carbocycles. The Morgan fingerprint density at radius 2 is 1.49 bits per heavy atom. The van der Waals surface area contributed by atoms with E-state index in [1.54, 1.807) is 0 Å². The van der Waals surface area contributed by atoms with Crippen LogP contribution in [0.25, 0.3) is 11.0 Å². The molecule has 0 unspecified atom stereocenters. The third-order valence-corrected chi connectivity index (χ3v) is 8.45. The fourth-order valence-corrected chi connectivity index (χ4v) is 6.22. The van der Waals surface area contributed by atoms with Gasteiger partial charge in [0.2, 0.25) is 0 Å². The highest BCUT2D eigenvalue weighted by Gasteiger charge is 2.26. The summed E-state index contributed by atoms with van der Waals surface area (Å²) in [6.07, 6.45) is 8.50. The van der Waals surface area contributed by atoms with Crippen molar-refractivity contribution in [2.45, 2.75) is 77.2 Å². The summed E-state index contributed by atoms with van der Waals surface area (Å²) in [5.41, 5.74) is 0.705. The van der Waals surface area contributed by atoms with Gasteiger partial charge in [-0.1, -0.05) is 19.3 Å². The van der Waals surface area contributed by atoms with Crippen LogP contribution in [0.1, 0.15) is 74.7 Å². The van der Waals surface area contributed by atoms with E-state index in [0.29, 0.717) is 29.1 Å². The monoisotopic (exact) mass is 516 g/mol. The lowest BCUT2D eigenvalue weighted by Crippen LogP contribution is -2.41. The lowest BCUT2D eigenvalue weighted by atomic mass is 9.90. The SMILES string of the molecule is O=C(CC1CCN(CCN2CCCCC2)CC1)c1nn(CC(F)F)c2nc(N3CCCCCC3)ccc12. The first-order valence-electron chi connectivity index (χ1n) is 14.5. The van der Waals surface area contributed by atoms with Crippen molar-refractivity contribution in [3.8, 4) is 0 Å². The van der Waals surface area contributed by atoms with Gasteiger partial charge >= 0.3 is 0 Å². The number of hydrogen-bond acceptors (Lipinski definition) is 6. The van der Waals surface area contributed by atoms with Gasteiger partial charge in [0, 0.05) is 32.6 Å². The number of rotatable bonds is 9. The van der Waals surface area contributed by atoms with Gasteiger partial charge in [-0.2, -0.15) is 5.10 Å². The van der Waals surface area contributed by atoms with Gasteiger partial charge in [0.25, 0.3) is 6.43 Å². The predicted molar refractivity (Wildman–Crippen MR) is 143 cm³/mol. The number of likely N-dealkylation sites (tertiary alicyclic amines) is 2. The quantitative estimate of drug-likeness (QED) is 0.444. The van der Waals surface area contributed by atoms with Crippen LogP contribution in [0.2, 0.25) is 0 Å². The largest absolute Gasteiger partial charge is 0.357 e. The Hall–Kier alpha value is -2.13. The summed E-state index contributed by atoms with van der Waals surface area (Å²) in [7, 11) is 0. The third kappa shape index (κ3) is 6.85. The molecule has 0 saturated carbocycles. The molecule has 5 rings (SSSR count). The molecule has 5 heterocycles. The molecule has 7 nitrogen and oxygen atoms in total. The van der Waals surface area contributed by atoms with Crippen molar-refractivity contribution in [1.82, 2.24) is 24.6 Å². The molecule has 0 N–H and O–H groups in total. The minimum absolute atomic E-state index is 0.0471. The Morgan fingerprint density at radius 3 is 2.16 bits per heavy atom. The van der Waals surface area contributed by atoms with Crippen LogP contribution in [-0.2, 0) is 6.54 Å². The fraction of sp³-hybridized carbons (Fsp3) is 0.750. The number of ketones is 1. The maximum absolute atomic E-state index is 13.4. The van der Waals surface area contributed by atoms with Crippen LogP contribution >= 0.6 is 0 Å². The van der Waals surface area contributed by atoms with Crippen molar-refractivity contribution in [3.63, 3.8) is 0 Å². The summed E-state index contributed by atoms with van der Waals surface area (Å²) in [5, 5.41) is 4.99. The lowest BCUT2D eigenvalue weighted by molar-refractivity contribution is 0.0911. The van der Waals surface area contributed by atoms with E-state index in [1.165, 1.54) is 49.9 Å². The van der Waals surface area contributed by atoms with E-state index in [0.717, 1.165) is 70.8 Å². The zero-order valence-electron chi connectivity index (χ0n) is 22.1. The smallest absolute Gasteiger partial charge is 0.258 e. The van der Waals surface area contributed by atoms with Crippen LogP contribution < -0.4 is 4.90 Å².